The molecule has 172 valence electrons. The number of benzene rings is 2. The lowest BCUT2D eigenvalue weighted by Gasteiger charge is -2.19. The molecular weight excluding hydrogens is 440 g/mol. The van der Waals surface area contributed by atoms with Crippen LogP contribution in [0.15, 0.2) is 60.2 Å². The summed E-state index contributed by atoms with van der Waals surface area (Å²) in [4.78, 5) is 61.9. The molecule has 2 amide bonds. The van der Waals surface area contributed by atoms with E-state index in [1.54, 1.807) is 0 Å². The largest absolute Gasteiger partial charge is 0.454 e. The minimum Gasteiger partial charge on any atom is -0.454 e. The molecule has 0 unspecified atom stereocenters. The van der Waals surface area contributed by atoms with Crippen LogP contribution in [0.2, 0.25) is 0 Å². The summed E-state index contributed by atoms with van der Waals surface area (Å²) in [5.74, 6) is -2.02. The fraction of sp³-hybridized carbons (Fsp3) is 0.280. The maximum absolute atomic E-state index is 13.0. The molecule has 1 saturated heterocycles. The highest BCUT2D eigenvalue weighted by molar-refractivity contribution is 6.23. The first kappa shape index (κ1) is 21.7. The van der Waals surface area contributed by atoms with Gasteiger partial charge in [-0.1, -0.05) is 11.6 Å². The topological polar surface area (TPSA) is 124 Å². The number of esters is 1. The third-order valence-electron chi connectivity index (χ3n) is 6.98. The molecule has 1 saturated carbocycles. The van der Waals surface area contributed by atoms with Gasteiger partial charge in [0.2, 0.25) is 11.8 Å². The molecule has 2 fully saturated rings. The summed E-state index contributed by atoms with van der Waals surface area (Å²) in [5.41, 5.74) is 1.78. The van der Waals surface area contributed by atoms with Gasteiger partial charge in [0.1, 0.15) is 0 Å². The molecular formula is C25H20N2O7. The predicted molar refractivity (Wildman–Crippen MR) is 119 cm³/mol. The van der Waals surface area contributed by atoms with Crippen LogP contribution in [0.3, 0.4) is 0 Å². The van der Waals surface area contributed by atoms with Crippen LogP contribution in [0.4, 0.5) is 11.4 Å². The summed E-state index contributed by atoms with van der Waals surface area (Å²) in [7, 11) is 0. The van der Waals surface area contributed by atoms with Crippen LogP contribution in [-0.4, -0.2) is 35.1 Å². The molecule has 1 heterocycles. The number of nitro benzene ring substituents is 1. The maximum Gasteiger partial charge on any atom is 0.338 e. The van der Waals surface area contributed by atoms with E-state index < -0.39 is 23.3 Å². The van der Waals surface area contributed by atoms with Crippen molar-refractivity contribution in [3.05, 3.63) is 81.4 Å². The van der Waals surface area contributed by atoms with Gasteiger partial charge < -0.3 is 4.74 Å². The van der Waals surface area contributed by atoms with Crippen molar-refractivity contribution in [2.24, 2.45) is 23.7 Å². The molecule has 2 aromatic rings. The number of ether oxygens (including phenoxy) is 1. The second-order valence-corrected chi connectivity index (χ2v) is 8.83. The summed E-state index contributed by atoms with van der Waals surface area (Å²) in [5, 5.41) is 10.7. The normalized spacial score (nSPS) is 24.7. The summed E-state index contributed by atoms with van der Waals surface area (Å²) >= 11 is 0. The Morgan fingerprint density at radius 2 is 1.62 bits per heavy atom. The summed E-state index contributed by atoms with van der Waals surface area (Å²) in [6, 6.07) is 10.9. The molecule has 2 aromatic carbocycles. The molecule has 3 aliphatic rings. The van der Waals surface area contributed by atoms with Gasteiger partial charge in [0.25, 0.3) is 5.69 Å². The number of amides is 2. The molecule has 0 radical (unpaired) electrons. The van der Waals surface area contributed by atoms with Gasteiger partial charge in [0.05, 0.1) is 28.0 Å². The fourth-order valence-corrected chi connectivity index (χ4v) is 5.34. The first-order valence-electron chi connectivity index (χ1n) is 10.9. The van der Waals surface area contributed by atoms with Gasteiger partial charge in [-0.2, -0.15) is 0 Å². The molecule has 9 nitrogen and oxygen atoms in total. The van der Waals surface area contributed by atoms with Crippen LogP contribution in [0.1, 0.15) is 34.1 Å². The highest BCUT2D eigenvalue weighted by atomic mass is 16.6. The van der Waals surface area contributed by atoms with Crippen LogP contribution in [0.25, 0.3) is 0 Å². The zero-order chi connectivity index (χ0) is 24.1. The second-order valence-electron chi connectivity index (χ2n) is 8.83. The number of Topliss-reactive ketones (excluding diaryl/α,β-unsaturated/α-hetero) is 1. The Bertz CT molecular complexity index is 1260. The minimum atomic E-state index is -0.740. The van der Waals surface area contributed by atoms with Crippen molar-refractivity contribution in [2.45, 2.75) is 13.3 Å². The molecule has 5 rings (SSSR count). The molecule has 4 atom stereocenters. The lowest BCUT2D eigenvalue weighted by molar-refractivity contribution is -0.384. The number of rotatable bonds is 6. The van der Waals surface area contributed by atoms with E-state index in [2.05, 4.69) is 6.08 Å². The third-order valence-corrected chi connectivity index (χ3v) is 6.98. The van der Waals surface area contributed by atoms with Crippen LogP contribution < -0.4 is 4.90 Å². The number of fused-ring (bicyclic) bond motifs is 5. The number of allylic oxidation sites excluding steroid dienone is 2. The van der Waals surface area contributed by atoms with Crippen molar-refractivity contribution in [2.75, 3.05) is 11.5 Å². The number of nitro groups is 1. The van der Waals surface area contributed by atoms with Gasteiger partial charge in [-0.3, -0.25) is 29.4 Å². The zero-order valence-electron chi connectivity index (χ0n) is 18.2. The molecule has 1 aliphatic heterocycles. The smallest absolute Gasteiger partial charge is 0.338 e. The van der Waals surface area contributed by atoms with E-state index in [4.69, 9.17) is 4.74 Å². The highest BCUT2D eigenvalue weighted by Crippen LogP contribution is 2.55. The van der Waals surface area contributed by atoms with E-state index in [0.717, 1.165) is 6.42 Å². The first-order valence-corrected chi connectivity index (χ1v) is 10.9. The maximum atomic E-state index is 13.0. The van der Waals surface area contributed by atoms with Crippen LogP contribution in [-0.2, 0) is 14.3 Å². The highest BCUT2D eigenvalue weighted by Gasteiger charge is 2.60. The Labute approximate surface area is 194 Å². The molecule has 9 heteroatoms. The van der Waals surface area contributed by atoms with E-state index >= 15 is 0 Å². The molecule has 0 spiro atoms. The van der Waals surface area contributed by atoms with Crippen LogP contribution >= 0.6 is 0 Å². The standard InChI is InChI=1S/C25H20N2O7/c1-13-10-16-11-19(13)22-21(16)23(29)26(24(22)30)17-6-4-15(5-7-17)25(31)34-12-20(28)14-2-8-18(9-3-14)27(32)33/h2-10,16,19,21-22H,11-12H2,1H3/t16-,19+,21-,22-/m0/s1. The van der Waals surface area contributed by atoms with E-state index in [0.29, 0.717) is 5.69 Å². The van der Waals surface area contributed by atoms with Gasteiger partial charge in [-0.25, -0.2) is 4.79 Å². The second kappa shape index (κ2) is 8.02. The number of hydrogen-bond donors (Lipinski definition) is 0. The van der Waals surface area contributed by atoms with E-state index in [-0.39, 0.29) is 52.3 Å². The SMILES string of the molecule is CC1=C[C@H]2C[C@H]1[C@@H]1C(=O)N(c3ccc(C(=O)OCC(=O)c4ccc([N+](=O)[O-])cc4)cc3)C(=O)[C@H]12. The zero-order valence-corrected chi connectivity index (χ0v) is 18.2. The number of imide groups is 1. The number of carbonyl (C=O) groups excluding carboxylic acids is 4. The van der Waals surface area contributed by atoms with Crippen molar-refractivity contribution in [1.82, 2.24) is 0 Å². The number of anilines is 1. The number of hydrogen-bond acceptors (Lipinski definition) is 7. The molecule has 34 heavy (non-hydrogen) atoms. The van der Waals surface area contributed by atoms with Crippen LogP contribution in [0.5, 0.6) is 0 Å². The average molecular weight is 460 g/mol. The average Bonchev–Trinajstić information content (AvgIpc) is 3.47. The van der Waals surface area contributed by atoms with Crippen molar-refractivity contribution in [3.8, 4) is 0 Å². The Morgan fingerprint density at radius 1 is 1.00 bits per heavy atom. The van der Waals surface area contributed by atoms with Gasteiger partial charge in [0.15, 0.2) is 12.4 Å². The lowest BCUT2D eigenvalue weighted by Crippen LogP contribution is -2.32. The van der Waals surface area contributed by atoms with Gasteiger partial charge in [0, 0.05) is 17.7 Å². The summed E-state index contributed by atoms with van der Waals surface area (Å²) < 4.78 is 5.06. The fourth-order valence-electron chi connectivity index (χ4n) is 5.34. The summed E-state index contributed by atoms with van der Waals surface area (Å²) in [6.07, 6.45) is 2.97. The minimum absolute atomic E-state index is 0.110. The van der Waals surface area contributed by atoms with Crippen LogP contribution in [0, 0.1) is 33.8 Å². The number of ketones is 1. The summed E-state index contributed by atoms with van der Waals surface area (Å²) in [6.45, 7) is 1.48. The van der Waals surface area contributed by atoms with Crippen molar-refractivity contribution < 1.29 is 28.8 Å². The van der Waals surface area contributed by atoms with Gasteiger partial charge >= 0.3 is 5.97 Å². The van der Waals surface area contributed by atoms with Crippen molar-refractivity contribution in [3.63, 3.8) is 0 Å². The number of nitrogens with zero attached hydrogens (tertiary/aromatic N) is 2. The van der Waals surface area contributed by atoms with Gasteiger partial charge in [-0.15, -0.1) is 0 Å². The quantitative estimate of drug-likeness (QED) is 0.162. The van der Waals surface area contributed by atoms with E-state index in [1.807, 2.05) is 6.92 Å². The van der Waals surface area contributed by atoms with E-state index in [9.17, 15) is 29.3 Å². The molecule has 0 aromatic heterocycles. The lowest BCUT2D eigenvalue weighted by atomic mass is 9.82. The molecule has 2 aliphatic carbocycles. The van der Waals surface area contributed by atoms with E-state index in [1.165, 1.54) is 59.0 Å². The molecule has 0 N–H and O–H groups in total. The predicted octanol–water partition coefficient (Wildman–Crippen LogP) is 3.34. The Morgan fingerprint density at radius 3 is 2.26 bits per heavy atom. The number of carbonyl (C=O) groups is 4. The first-order chi connectivity index (χ1) is 16.3. The monoisotopic (exact) mass is 460 g/mol. The molecule has 2 bridgehead atoms. The van der Waals surface area contributed by atoms with Crippen molar-refractivity contribution >= 4 is 34.9 Å². The third kappa shape index (κ3) is 3.40. The number of non-ortho nitro benzene ring substituents is 1. The Hall–Kier alpha value is -4.14. The Kier molecular flexibility index (Phi) is 5.11. The van der Waals surface area contributed by atoms with Crippen molar-refractivity contribution in [1.29, 1.82) is 0 Å². The van der Waals surface area contributed by atoms with Gasteiger partial charge in [-0.05, 0) is 61.6 Å². The Balaban J connectivity index is 1.23.